The molecule has 0 N–H and O–H groups in total. The minimum atomic E-state index is -4.42. The van der Waals surface area contributed by atoms with Crippen molar-refractivity contribution < 1.29 is 13.2 Å². The number of hydrogen-bond acceptors (Lipinski definition) is 2. The average Bonchev–Trinajstić information content (AvgIpc) is 2.57. The summed E-state index contributed by atoms with van der Waals surface area (Å²) in [6.45, 7) is 3.88. The third-order valence-electron chi connectivity index (χ3n) is 3.20. The number of halogens is 3. The van der Waals surface area contributed by atoms with E-state index in [9.17, 15) is 13.2 Å². The summed E-state index contributed by atoms with van der Waals surface area (Å²) in [5, 5.41) is 0. The van der Waals surface area contributed by atoms with Crippen molar-refractivity contribution in [1.29, 1.82) is 0 Å². The summed E-state index contributed by atoms with van der Waals surface area (Å²) < 4.78 is 40.3. The number of benzene rings is 1. The van der Waals surface area contributed by atoms with Crippen LogP contribution in [-0.4, -0.2) is 11.9 Å². The van der Waals surface area contributed by atoms with Crippen LogP contribution in [0.3, 0.4) is 0 Å². The van der Waals surface area contributed by atoms with E-state index in [0.717, 1.165) is 16.2 Å². The molecule has 0 aliphatic carbocycles. The normalized spacial score (nSPS) is 15.6. The molecule has 5 heteroatoms. The Morgan fingerprint density at radius 2 is 1.71 bits per heavy atom. The van der Waals surface area contributed by atoms with Crippen LogP contribution >= 0.6 is 11.8 Å². The number of para-hydroxylation sites is 1. The van der Waals surface area contributed by atoms with Gasteiger partial charge in [-0.25, -0.2) is 4.99 Å². The monoisotopic (exact) mass is 313 g/mol. The highest BCUT2D eigenvalue weighted by Crippen LogP contribution is 2.44. The summed E-state index contributed by atoms with van der Waals surface area (Å²) in [4.78, 5) is 5.56. The second kappa shape index (κ2) is 6.69. The maximum absolute atomic E-state index is 13.4. The van der Waals surface area contributed by atoms with E-state index in [4.69, 9.17) is 0 Å². The van der Waals surface area contributed by atoms with Gasteiger partial charge in [0.1, 0.15) is 5.71 Å². The highest BCUT2D eigenvalue weighted by Gasteiger charge is 2.40. The molecule has 0 saturated heterocycles. The number of rotatable bonds is 4. The van der Waals surface area contributed by atoms with Crippen LogP contribution in [0.2, 0.25) is 0 Å². The zero-order valence-electron chi connectivity index (χ0n) is 12.1. The van der Waals surface area contributed by atoms with Gasteiger partial charge in [-0.2, -0.15) is 13.2 Å². The molecule has 114 valence electrons. The SMILES string of the molecule is CCCC1=C(CCC)C(C(F)(F)F)=Nc2ccccc2S1. The molecule has 0 unspecified atom stereocenters. The van der Waals surface area contributed by atoms with E-state index < -0.39 is 11.9 Å². The Hall–Kier alpha value is -1.23. The number of aliphatic imine (C=N–C) groups is 1. The molecule has 0 aromatic heterocycles. The summed E-state index contributed by atoms with van der Waals surface area (Å²) in [6, 6.07) is 7.04. The minimum Gasteiger partial charge on any atom is -0.242 e. The van der Waals surface area contributed by atoms with Gasteiger partial charge in [0.05, 0.1) is 5.69 Å². The standard InChI is InChI=1S/C16H18F3NS/c1-3-7-11-13(8-4-2)21-14-10-6-5-9-12(14)20-15(11)16(17,18)19/h5-6,9-10H,3-4,7-8H2,1-2H3. The smallest absolute Gasteiger partial charge is 0.242 e. The number of hydrogen-bond donors (Lipinski definition) is 0. The van der Waals surface area contributed by atoms with Gasteiger partial charge >= 0.3 is 6.18 Å². The third kappa shape index (κ3) is 3.70. The summed E-state index contributed by atoms with van der Waals surface area (Å²) in [5.41, 5.74) is 0.0628. The van der Waals surface area contributed by atoms with Gasteiger partial charge in [0.15, 0.2) is 0 Å². The van der Waals surface area contributed by atoms with Crippen molar-refractivity contribution in [2.45, 2.75) is 50.6 Å². The topological polar surface area (TPSA) is 12.4 Å². The largest absolute Gasteiger partial charge is 0.433 e. The number of thioether (sulfide) groups is 1. The Morgan fingerprint density at radius 3 is 2.33 bits per heavy atom. The highest BCUT2D eigenvalue weighted by molar-refractivity contribution is 8.03. The quantitative estimate of drug-likeness (QED) is 0.637. The van der Waals surface area contributed by atoms with Gasteiger partial charge in [-0.1, -0.05) is 50.6 Å². The molecule has 0 spiro atoms. The van der Waals surface area contributed by atoms with Gasteiger partial charge in [0.2, 0.25) is 0 Å². The van der Waals surface area contributed by atoms with Crippen LogP contribution in [0.25, 0.3) is 0 Å². The lowest BCUT2D eigenvalue weighted by Crippen LogP contribution is -2.25. The Morgan fingerprint density at radius 1 is 1.05 bits per heavy atom. The lowest BCUT2D eigenvalue weighted by atomic mass is 10.0. The molecule has 0 saturated carbocycles. The van der Waals surface area contributed by atoms with Crippen molar-refractivity contribution in [1.82, 2.24) is 0 Å². The first kappa shape index (κ1) is 16.1. The van der Waals surface area contributed by atoms with Crippen molar-refractivity contribution in [2.75, 3.05) is 0 Å². The first-order valence-corrected chi connectivity index (χ1v) is 7.94. The number of fused-ring (bicyclic) bond motifs is 1. The van der Waals surface area contributed by atoms with Crippen LogP contribution in [0.15, 0.2) is 44.6 Å². The van der Waals surface area contributed by atoms with Crippen LogP contribution in [0.4, 0.5) is 18.9 Å². The van der Waals surface area contributed by atoms with Gasteiger partial charge < -0.3 is 0 Å². The molecule has 0 atom stereocenters. The molecular formula is C16H18F3NS. The summed E-state index contributed by atoms with van der Waals surface area (Å²) in [6.07, 6.45) is -1.85. The van der Waals surface area contributed by atoms with E-state index in [-0.39, 0.29) is 0 Å². The molecule has 1 nitrogen and oxygen atoms in total. The van der Waals surface area contributed by atoms with E-state index in [1.807, 2.05) is 26.0 Å². The van der Waals surface area contributed by atoms with Crippen molar-refractivity contribution in [3.8, 4) is 0 Å². The van der Waals surface area contributed by atoms with E-state index in [1.165, 1.54) is 11.8 Å². The first-order valence-electron chi connectivity index (χ1n) is 7.12. The maximum Gasteiger partial charge on any atom is 0.433 e. The van der Waals surface area contributed by atoms with Gasteiger partial charge in [-0.05, 0) is 35.5 Å². The van der Waals surface area contributed by atoms with Crippen LogP contribution in [0.5, 0.6) is 0 Å². The molecule has 2 rings (SSSR count). The van der Waals surface area contributed by atoms with Crippen LogP contribution in [0, 0.1) is 0 Å². The molecule has 0 radical (unpaired) electrons. The van der Waals surface area contributed by atoms with Gasteiger partial charge in [0.25, 0.3) is 0 Å². The van der Waals surface area contributed by atoms with E-state index in [1.54, 1.807) is 12.1 Å². The van der Waals surface area contributed by atoms with Crippen LogP contribution < -0.4 is 0 Å². The van der Waals surface area contributed by atoms with Crippen molar-refractivity contribution in [3.63, 3.8) is 0 Å². The maximum atomic E-state index is 13.4. The molecule has 0 fully saturated rings. The highest BCUT2D eigenvalue weighted by atomic mass is 32.2. The Bertz CT molecular complexity index is 573. The molecule has 1 aromatic rings. The fourth-order valence-corrected chi connectivity index (χ4v) is 3.58. The number of nitrogens with zero attached hydrogens (tertiary/aromatic N) is 1. The fraction of sp³-hybridized carbons (Fsp3) is 0.438. The van der Waals surface area contributed by atoms with Crippen LogP contribution in [-0.2, 0) is 0 Å². The first-order chi connectivity index (χ1) is 9.97. The lowest BCUT2D eigenvalue weighted by Gasteiger charge is -2.16. The summed E-state index contributed by atoms with van der Waals surface area (Å²) in [5.74, 6) is 0. The van der Waals surface area contributed by atoms with Gasteiger partial charge in [0, 0.05) is 4.90 Å². The lowest BCUT2D eigenvalue weighted by molar-refractivity contribution is -0.0583. The predicted molar refractivity (Wildman–Crippen MR) is 82.3 cm³/mol. The molecule has 1 heterocycles. The zero-order valence-corrected chi connectivity index (χ0v) is 12.9. The zero-order chi connectivity index (χ0) is 15.5. The summed E-state index contributed by atoms with van der Waals surface area (Å²) >= 11 is 1.44. The molecule has 21 heavy (non-hydrogen) atoms. The average molecular weight is 313 g/mol. The fourth-order valence-electron chi connectivity index (χ4n) is 2.32. The minimum absolute atomic E-state index is 0.369. The van der Waals surface area contributed by atoms with E-state index >= 15 is 0 Å². The predicted octanol–water partition coefficient (Wildman–Crippen LogP) is 6.28. The summed E-state index contributed by atoms with van der Waals surface area (Å²) in [7, 11) is 0. The number of allylic oxidation sites excluding steroid dienone is 2. The third-order valence-corrected chi connectivity index (χ3v) is 4.46. The Labute approximate surface area is 127 Å². The molecular weight excluding hydrogens is 295 g/mol. The van der Waals surface area contributed by atoms with Gasteiger partial charge in [-0.3, -0.25) is 0 Å². The van der Waals surface area contributed by atoms with Gasteiger partial charge in [-0.15, -0.1) is 0 Å². The Kier molecular flexibility index (Phi) is 5.14. The molecule has 1 aromatic carbocycles. The van der Waals surface area contributed by atoms with Crippen molar-refractivity contribution in [3.05, 3.63) is 34.7 Å². The molecule has 0 bridgehead atoms. The van der Waals surface area contributed by atoms with E-state index in [0.29, 0.717) is 30.5 Å². The molecule has 1 aliphatic rings. The second-order valence-corrected chi connectivity index (χ2v) is 6.07. The van der Waals surface area contributed by atoms with Crippen molar-refractivity contribution in [2.24, 2.45) is 4.99 Å². The second-order valence-electron chi connectivity index (χ2n) is 4.93. The van der Waals surface area contributed by atoms with E-state index in [2.05, 4.69) is 4.99 Å². The molecule has 0 amide bonds. The van der Waals surface area contributed by atoms with Crippen LogP contribution in [0.1, 0.15) is 39.5 Å². The van der Waals surface area contributed by atoms with Crippen molar-refractivity contribution >= 4 is 23.2 Å². The number of alkyl halides is 3. The molecule has 1 aliphatic heterocycles. The Balaban J connectivity index is 2.63.